The van der Waals surface area contributed by atoms with E-state index in [1.807, 2.05) is 18.2 Å². The monoisotopic (exact) mass is 419 g/mol. The normalized spacial score (nSPS) is 22.6. The van der Waals surface area contributed by atoms with E-state index in [1.165, 1.54) is 11.3 Å². The summed E-state index contributed by atoms with van der Waals surface area (Å²) in [6.45, 7) is 1.52. The lowest BCUT2D eigenvalue weighted by Crippen LogP contribution is -2.23. The standard InChI is InChI=1S/C26H29NO4/c28-21-10-11-23-22(16-21)24(17-6-8-19(9-7-17)26(29)30)25(18-12-14-31-15-13-18)27(23)20-4-2-1-3-5-20/h1-5,10-11,16-19,28H,6-9,12-15H2,(H,29,30). The van der Waals surface area contributed by atoms with Crippen LogP contribution in [0.1, 0.15) is 61.6 Å². The van der Waals surface area contributed by atoms with E-state index in [-0.39, 0.29) is 11.7 Å². The first kappa shape index (κ1) is 20.1. The molecule has 5 heteroatoms. The van der Waals surface area contributed by atoms with Crippen molar-refractivity contribution in [1.29, 1.82) is 0 Å². The van der Waals surface area contributed by atoms with Gasteiger partial charge in [-0.3, -0.25) is 4.79 Å². The molecule has 0 unspecified atom stereocenters. The van der Waals surface area contributed by atoms with Gasteiger partial charge in [-0.1, -0.05) is 18.2 Å². The number of phenols is 1. The van der Waals surface area contributed by atoms with Gasteiger partial charge in [-0.2, -0.15) is 0 Å². The molecule has 2 N–H and O–H groups in total. The highest BCUT2D eigenvalue weighted by atomic mass is 16.5. The molecule has 0 spiro atoms. The van der Waals surface area contributed by atoms with Crippen molar-refractivity contribution in [2.24, 2.45) is 5.92 Å². The number of fused-ring (bicyclic) bond motifs is 1. The SMILES string of the molecule is O=C(O)C1CCC(c2c(C3CCOCC3)n(-c3ccccc3)c3ccc(O)cc23)CC1. The number of rotatable bonds is 4. The quantitative estimate of drug-likeness (QED) is 0.578. The van der Waals surface area contributed by atoms with E-state index < -0.39 is 5.97 Å². The van der Waals surface area contributed by atoms with Crippen LogP contribution in [0, 0.1) is 5.92 Å². The Balaban J connectivity index is 1.71. The number of nitrogens with zero attached hydrogens (tertiary/aromatic N) is 1. The second-order valence-electron chi connectivity index (χ2n) is 8.94. The van der Waals surface area contributed by atoms with Gasteiger partial charge in [-0.25, -0.2) is 0 Å². The minimum atomic E-state index is -0.674. The molecular weight excluding hydrogens is 390 g/mol. The molecule has 0 bridgehead atoms. The van der Waals surface area contributed by atoms with E-state index in [9.17, 15) is 15.0 Å². The van der Waals surface area contributed by atoms with E-state index in [0.29, 0.717) is 24.7 Å². The van der Waals surface area contributed by atoms with Crippen LogP contribution in [0.15, 0.2) is 48.5 Å². The van der Waals surface area contributed by atoms with Crippen molar-refractivity contribution < 1.29 is 19.7 Å². The highest BCUT2D eigenvalue weighted by molar-refractivity contribution is 5.89. The molecule has 0 radical (unpaired) electrons. The van der Waals surface area contributed by atoms with Crippen molar-refractivity contribution in [2.75, 3.05) is 13.2 Å². The molecule has 162 valence electrons. The Bertz CT molecular complexity index is 1070. The number of para-hydroxylation sites is 1. The lowest BCUT2D eigenvalue weighted by molar-refractivity contribution is -0.142. The molecular formula is C26H29NO4. The zero-order chi connectivity index (χ0) is 21.4. The van der Waals surface area contributed by atoms with Gasteiger partial charge in [0.05, 0.1) is 11.4 Å². The van der Waals surface area contributed by atoms with Gasteiger partial charge < -0.3 is 19.5 Å². The van der Waals surface area contributed by atoms with Crippen molar-refractivity contribution in [3.63, 3.8) is 0 Å². The van der Waals surface area contributed by atoms with Crippen LogP contribution < -0.4 is 0 Å². The number of aromatic hydroxyl groups is 1. The maximum absolute atomic E-state index is 11.5. The second-order valence-corrected chi connectivity index (χ2v) is 8.94. The van der Waals surface area contributed by atoms with E-state index >= 15 is 0 Å². The number of ether oxygens (including phenoxy) is 1. The second kappa shape index (κ2) is 8.39. The summed E-state index contributed by atoms with van der Waals surface area (Å²) >= 11 is 0. The number of phenolic OH excluding ortho intramolecular Hbond substituents is 1. The Morgan fingerprint density at radius 2 is 1.61 bits per heavy atom. The van der Waals surface area contributed by atoms with Gasteiger partial charge in [0, 0.05) is 35.9 Å². The third-order valence-electron chi connectivity index (χ3n) is 7.14. The van der Waals surface area contributed by atoms with Gasteiger partial charge in [0.15, 0.2) is 0 Å². The smallest absolute Gasteiger partial charge is 0.306 e. The number of hydrogen-bond donors (Lipinski definition) is 2. The van der Waals surface area contributed by atoms with Gasteiger partial charge in [0.25, 0.3) is 0 Å². The number of benzene rings is 2. The van der Waals surface area contributed by atoms with Gasteiger partial charge in [-0.15, -0.1) is 0 Å². The van der Waals surface area contributed by atoms with Crippen molar-refractivity contribution in [1.82, 2.24) is 4.57 Å². The molecule has 1 aromatic heterocycles. The van der Waals surface area contributed by atoms with E-state index in [4.69, 9.17) is 4.74 Å². The lowest BCUT2D eigenvalue weighted by Gasteiger charge is -2.30. The van der Waals surface area contributed by atoms with Crippen LogP contribution in [-0.2, 0) is 9.53 Å². The fraction of sp³-hybridized carbons (Fsp3) is 0.423. The van der Waals surface area contributed by atoms with Crippen molar-refractivity contribution in [3.05, 3.63) is 59.8 Å². The molecule has 0 amide bonds. The number of aromatic nitrogens is 1. The molecule has 1 aliphatic carbocycles. The number of carboxylic acid groups (broad SMARTS) is 1. The summed E-state index contributed by atoms with van der Waals surface area (Å²) in [5.74, 6) is 0.0567. The number of carbonyl (C=O) groups is 1. The molecule has 2 heterocycles. The third kappa shape index (κ3) is 3.72. The van der Waals surface area contributed by atoms with Crippen LogP contribution in [0.3, 0.4) is 0 Å². The summed E-state index contributed by atoms with van der Waals surface area (Å²) in [4.78, 5) is 11.5. The van der Waals surface area contributed by atoms with Gasteiger partial charge in [0.1, 0.15) is 5.75 Å². The molecule has 2 aliphatic rings. The van der Waals surface area contributed by atoms with Crippen molar-refractivity contribution in [3.8, 4) is 11.4 Å². The Labute approximate surface area is 182 Å². The minimum Gasteiger partial charge on any atom is -0.508 e. The molecule has 1 saturated heterocycles. The molecule has 31 heavy (non-hydrogen) atoms. The fourth-order valence-corrected chi connectivity index (χ4v) is 5.61. The summed E-state index contributed by atoms with van der Waals surface area (Å²) in [7, 11) is 0. The Morgan fingerprint density at radius 3 is 2.29 bits per heavy atom. The third-order valence-corrected chi connectivity index (χ3v) is 7.14. The van der Waals surface area contributed by atoms with Crippen LogP contribution in [0.2, 0.25) is 0 Å². The Morgan fingerprint density at radius 1 is 0.903 bits per heavy atom. The molecule has 1 saturated carbocycles. The predicted molar refractivity (Wildman–Crippen MR) is 120 cm³/mol. The topological polar surface area (TPSA) is 71.7 Å². The summed E-state index contributed by atoms with van der Waals surface area (Å²) in [6, 6.07) is 16.1. The van der Waals surface area contributed by atoms with E-state index in [1.54, 1.807) is 6.07 Å². The van der Waals surface area contributed by atoms with Crippen molar-refractivity contribution >= 4 is 16.9 Å². The predicted octanol–water partition coefficient (Wildman–Crippen LogP) is 5.59. The summed E-state index contributed by atoms with van der Waals surface area (Å²) in [5.41, 5.74) is 4.88. The number of hydrogen-bond acceptors (Lipinski definition) is 3. The van der Waals surface area contributed by atoms with Crippen LogP contribution >= 0.6 is 0 Å². The van der Waals surface area contributed by atoms with Gasteiger partial charge in [0.2, 0.25) is 0 Å². The molecule has 3 aromatic rings. The van der Waals surface area contributed by atoms with Gasteiger partial charge in [-0.05, 0) is 80.3 Å². The molecule has 5 nitrogen and oxygen atoms in total. The van der Waals surface area contributed by atoms with Crippen LogP contribution in [0.5, 0.6) is 5.75 Å². The minimum absolute atomic E-state index is 0.237. The highest BCUT2D eigenvalue weighted by Gasteiger charge is 2.34. The van der Waals surface area contributed by atoms with Crippen molar-refractivity contribution in [2.45, 2.75) is 50.4 Å². The molecule has 5 rings (SSSR count). The van der Waals surface area contributed by atoms with E-state index in [2.05, 4.69) is 28.8 Å². The molecule has 1 aliphatic heterocycles. The first-order valence-electron chi connectivity index (χ1n) is 11.4. The maximum atomic E-state index is 11.5. The number of aliphatic carboxylic acids is 1. The van der Waals surface area contributed by atoms with Crippen LogP contribution in [0.4, 0.5) is 0 Å². The molecule has 2 fully saturated rings. The zero-order valence-electron chi connectivity index (χ0n) is 17.7. The molecule has 2 aromatic carbocycles. The van der Waals surface area contributed by atoms with Crippen LogP contribution in [0.25, 0.3) is 16.6 Å². The first-order chi connectivity index (χ1) is 15.1. The van der Waals surface area contributed by atoms with Crippen LogP contribution in [-0.4, -0.2) is 34.0 Å². The summed E-state index contributed by atoms with van der Waals surface area (Å²) in [6.07, 6.45) is 5.13. The zero-order valence-corrected chi connectivity index (χ0v) is 17.7. The largest absolute Gasteiger partial charge is 0.508 e. The average Bonchev–Trinajstić information content (AvgIpc) is 3.14. The first-order valence-corrected chi connectivity index (χ1v) is 11.4. The average molecular weight is 420 g/mol. The van der Waals surface area contributed by atoms with Gasteiger partial charge >= 0.3 is 5.97 Å². The Kier molecular flexibility index (Phi) is 5.45. The summed E-state index contributed by atoms with van der Waals surface area (Å²) in [5, 5.41) is 20.9. The number of carboxylic acids is 1. The summed E-state index contributed by atoms with van der Waals surface area (Å²) < 4.78 is 8.05. The molecule has 0 atom stereocenters. The van der Waals surface area contributed by atoms with E-state index in [0.717, 1.165) is 55.5 Å². The highest BCUT2D eigenvalue weighted by Crippen LogP contribution is 2.47. The maximum Gasteiger partial charge on any atom is 0.306 e. The fourth-order valence-electron chi connectivity index (χ4n) is 5.61. The Hall–Kier alpha value is -2.79. The lowest BCUT2D eigenvalue weighted by atomic mass is 9.76.